The Morgan fingerprint density at radius 2 is 1.46 bits per heavy atom. The van der Waals surface area contributed by atoms with Crippen molar-refractivity contribution in [2.24, 2.45) is 0 Å². The average Bonchev–Trinajstić information content (AvgIpc) is 2.74. The Hall–Kier alpha value is -3.41. The van der Waals surface area contributed by atoms with Crippen molar-refractivity contribution in [3.8, 4) is 11.9 Å². The summed E-state index contributed by atoms with van der Waals surface area (Å²) in [5.41, 5.74) is 2.51. The number of carbonyl (C=O) groups excluding carboxylic acids is 1. The summed E-state index contributed by atoms with van der Waals surface area (Å²) in [6.45, 7) is 1.80. The number of carbonyl (C=O) groups is 1. The third kappa shape index (κ3) is 4.46. The second-order valence-electron chi connectivity index (χ2n) is 6.19. The molecular weight excluding hydrogens is 356 g/mol. The number of benzene rings is 2. The maximum atomic E-state index is 12.7. The van der Waals surface area contributed by atoms with E-state index >= 15 is 0 Å². The molecule has 0 spiro atoms. The Morgan fingerprint density at radius 1 is 0.893 bits per heavy atom. The van der Waals surface area contributed by atoms with Crippen LogP contribution in [0.2, 0.25) is 0 Å². The van der Waals surface area contributed by atoms with E-state index < -0.39 is 18.0 Å². The lowest BCUT2D eigenvalue weighted by molar-refractivity contribution is -0.149. The van der Waals surface area contributed by atoms with Gasteiger partial charge in [0.1, 0.15) is 0 Å². The molecule has 0 saturated carbocycles. The molecule has 3 rings (SSSR count). The largest absolute Gasteiger partial charge is 0.481 e. The number of nitrogens with zero attached hydrogens (tertiary/aromatic N) is 2. The van der Waals surface area contributed by atoms with Gasteiger partial charge in [-0.1, -0.05) is 60.7 Å². The highest BCUT2D eigenvalue weighted by molar-refractivity contribution is 5.77. The molecule has 28 heavy (non-hydrogen) atoms. The summed E-state index contributed by atoms with van der Waals surface area (Å²) in [5.74, 6) is -0.547. The van der Waals surface area contributed by atoms with Crippen molar-refractivity contribution in [3.63, 3.8) is 0 Å². The number of ether oxygens (including phenoxy) is 3. The molecule has 0 aliphatic rings. The van der Waals surface area contributed by atoms with Crippen LogP contribution in [-0.2, 0) is 9.53 Å². The summed E-state index contributed by atoms with van der Waals surface area (Å²) in [7, 11) is 2.85. The van der Waals surface area contributed by atoms with Gasteiger partial charge in [-0.15, -0.1) is 0 Å². The van der Waals surface area contributed by atoms with Gasteiger partial charge >= 0.3 is 12.0 Å². The van der Waals surface area contributed by atoms with Gasteiger partial charge in [0.15, 0.2) is 0 Å². The molecule has 0 aliphatic heterocycles. The predicted molar refractivity (Wildman–Crippen MR) is 104 cm³/mol. The normalized spacial score (nSPS) is 11.7. The van der Waals surface area contributed by atoms with Crippen molar-refractivity contribution in [3.05, 3.63) is 83.6 Å². The minimum absolute atomic E-state index is 0.0594. The fourth-order valence-electron chi connectivity index (χ4n) is 3.02. The van der Waals surface area contributed by atoms with E-state index in [1.165, 1.54) is 14.2 Å². The molecule has 2 aromatic carbocycles. The molecule has 144 valence electrons. The first-order chi connectivity index (χ1) is 13.6. The molecule has 0 bridgehead atoms. The molecule has 0 aliphatic carbocycles. The molecule has 6 nitrogen and oxygen atoms in total. The van der Waals surface area contributed by atoms with Crippen LogP contribution < -0.4 is 9.47 Å². The Kier molecular flexibility index (Phi) is 6.22. The maximum absolute atomic E-state index is 12.7. The minimum atomic E-state index is -0.971. The highest BCUT2D eigenvalue weighted by atomic mass is 16.6. The molecule has 3 aromatic rings. The summed E-state index contributed by atoms with van der Waals surface area (Å²) in [4.78, 5) is 21.2. The van der Waals surface area contributed by atoms with Crippen molar-refractivity contribution in [2.75, 3.05) is 14.2 Å². The quantitative estimate of drug-likeness (QED) is 0.586. The van der Waals surface area contributed by atoms with Crippen LogP contribution in [0.3, 0.4) is 0 Å². The summed E-state index contributed by atoms with van der Waals surface area (Å²) < 4.78 is 16.2. The highest BCUT2D eigenvalue weighted by Gasteiger charge is 2.35. The predicted octanol–water partition coefficient (Wildman–Crippen LogP) is 3.55. The van der Waals surface area contributed by atoms with E-state index in [0.717, 1.165) is 11.1 Å². The van der Waals surface area contributed by atoms with E-state index in [-0.39, 0.29) is 6.01 Å². The van der Waals surface area contributed by atoms with Crippen LogP contribution >= 0.6 is 0 Å². The first-order valence-corrected chi connectivity index (χ1v) is 8.86. The summed E-state index contributed by atoms with van der Waals surface area (Å²) in [6.07, 6.45) is -0.971. The number of hydrogen-bond donors (Lipinski definition) is 0. The second-order valence-corrected chi connectivity index (χ2v) is 6.19. The molecule has 0 amide bonds. The van der Waals surface area contributed by atoms with E-state index in [1.54, 1.807) is 13.0 Å². The number of esters is 1. The summed E-state index contributed by atoms with van der Waals surface area (Å²) in [5, 5.41) is 0. The number of methoxy groups -OCH3 is 2. The summed E-state index contributed by atoms with van der Waals surface area (Å²) >= 11 is 0. The molecule has 1 heterocycles. The second kappa shape index (κ2) is 8.99. The maximum Gasteiger partial charge on any atom is 0.348 e. The lowest BCUT2D eigenvalue weighted by Gasteiger charge is -2.26. The smallest absolute Gasteiger partial charge is 0.348 e. The zero-order chi connectivity index (χ0) is 19.9. The van der Waals surface area contributed by atoms with Crippen LogP contribution in [0.15, 0.2) is 66.7 Å². The Bertz CT molecular complexity index is 877. The fraction of sp³-hybridized carbons (Fsp3) is 0.227. The lowest BCUT2D eigenvalue weighted by Crippen LogP contribution is -2.36. The van der Waals surface area contributed by atoms with Crippen molar-refractivity contribution < 1.29 is 19.0 Å². The van der Waals surface area contributed by atoms with Gasteiger partial charge in [-0.3, -0.25) is 0 Å². The van der Waals surface area contributed by atoms with Crippen LogP contribution in [0.1, 0.15) is 22.7 Å². The summed E-state index contributed by atoms with van der Waals surface area (Å²) in [6, 6.07) is 21.1. The standard InChI is InChI=1S/C22H22N2O4/c1-15-14-18(26-2)24-22(23-15)28-20(21(25)27-3)19(16-10-6-4-7-11-16)17-12-8-5-9-13-17/h4-14,19-20H,1-3H3. The van der Waals surface area contributed by atoms with E-state index in [2.05, 4.69) is 9.97 Å². The zero-order valence-corrected chi connectivity index (χ0v) is 16.0. The molecule has 1 aromatic heterocycles. The topological polar surface area (TPSA) is 70.5 Å². The van der Waals surface area contributed by atoms with Crippen LogP contribution in [0.25, 0.3) is 0 Å². The third-order valence-electron chi connectivity index (χ3n) is 4.31. The zero-order valence-electron chi connectivity index (χ0n) is 16.0. The number of aromatic nitrogens is 2. The number of rotatable bonds is 7. The van der Waals surface area contributed by atoms with E-state index in [1.807, 2.05) is 60.7 Å². The third-order valence-corrected chi connectivity index (χ3v) is 4.31. The molecule has 1 atom stereocenters. The van der Waals surface area contributed by atoms with Gasteiger partial charge in [0, 0.05) is 11.8 Å². The van der Waals surface area contributed by atoms with E-state index in [4.69, 9.17) is 14.2 Å². The number of hydrogen-bond acceptors (Lipinski definition) is 6. The van der Waals surface area contributed by atoms with Crippen LogP contribution in [-0.4, -0.2) is 36.3 Å². The van der Waals surface area contributed by atoms with Crippen molar-refractivity contribution >= 4 is 5.97 Å². The van der Waals surface area contributed by atoms with Crippen LogP contribution in [0.5, 0.6) is 11.9 Å². The van der Waals surface area contributed by atoms with Crippen LogP contribution in [0.4, 0.5) is 0 Å². The highest BCUT2D eigenvalue weighted by Crippen LogP contribution is 2.31. The van der Waals surface area contributed by atoms with Crippen molar-refractivity contribution in [1.82, 2.24) is 9.97 Å². The Morgan fingerprint density at radius 3 is 1.96 bits per heavy atom. The van der Waals surface area contributed by atoms with E-state index in [0.29, 0.717) is 11.6 Å². The van der Waals surface area contributed by atoms with Gasteiger partial charge < -0.3 is 14.2 Å². The first-order valence-electron chi connectivity index (χ1n) is 8.86. The number of aryl methyl sites for hydroxylation is 1. The van der Waals surface area contributed by atoms with E-state index in [9.17, 15) is 4.79 Å². The molecular formula is C22H22N2O4. The van der Waals surface area contributed by atoms with Crippen molar-refractivity contribution in [2.45, 2.75) is 18.9 Å². The van der Waals surface area contributed by atoms with Gasteiger partial charge in [-0.05, 0) is 18.1 Å². The first kappa shape index (κ1) is 19.4. The van der Waals surface area contributed by atoms with Gasteiger partial charge in [0.05, 0.1) is 20.1 Å². The van der Waals surface area contributed by atoms with Crippen molar-refractivity contribution in [1.29, 1.82) is 0 Å². The van der Waals surface area contributed by atoms with Gasteiger partial charge in [0.25, 0.3) is 0 Å². The molecule has 1 unspecified atom stereocenters. The Labute approximate surface area is 164 Å². The molecule has 0 fully saturated rings. The molecule has 6 heteroatoms. The average molecular weight is 378 g/mol. The minimum Gasteiger partial charge on any atom is -0.481 e. The fourth-order valence-corrected chi connectivity index (χ4v) is 3.02. The van der Waals surface area contributed by atoms with Gasteiger partial charge in [-0.25, -0.2) is 9.78 Å². The Balaban J connectivity index is 2.07. The SMILES string of the molecule is COC(=O)C(Oc1nc(C)cc(OC)n1)C(c1ccccc1)c1ccccc1. The molecule has 0 radical (unpaired) electrons. The molecule has 0 N–H and O–H groups in total. The monoisotopic (exact) mass is 378 g/mol. The lowest BCUT2D eigenvalue weighted by atomic mass is 9.86. The molecule has 0 saturated heterocycles. The van der Waals surface area contributed by atoms with Gasteiger partial charge in [0.2, 0.25) is 12.0 Å². The van der Waals surface area contributed by atoms with Gasteiger partial charge in [-0.2, -0.15) is 4.98 Å². The van der Waals surface area contributed by atoms with Crippen LogP contribution in [0, 0.1) is 6.92 Å².